The molecule has 2 bridgehead atoms. The maximum atomic E-state index is 14.8. The molecule has 4 aromatic rings. The number of carbonyl (C=O) groups is 1. The first-order chi connectivity index (χ1) is 20.9. The molecule has 0 saturated carbocycles. The van der Waals surface area contributed by atoms with Gasteiger partial charge in [-0.1, -0.05) is 23.7 Å². The molecule has 4 aliphatic heterocycles. The fraction of sp³-hybridized carbons (Fsp3) is 0.273. The molecule has 8 rings (SSSR count). The van der Waals surface area contributed by atoms with Crippen molar-refractivity contribution in [2.75, 3.05) is 32.0 Å². The Balaban J connectivity index is 1.14. The van der Waals surface area contributed by atoms with Crippen LogP contribution < -0.4 is 5.32 Å². The number of anilines is 2. The second-order valence-electron chi connectivity index (χ2n) is 11.3. The summed E-state index contributed by atoms with van der Waals surface area (Å²) in [5.74, 6) is -0.492. The van der Waals surface area contributed by atoms with Gasteiger partial charge in [0.2, 0.25) is 5.95 Å². The van der Waals surface area contributed by atoms with Gasteiger partial charge in [-0.2, -0.15) is 0 Å². The van der Waals surface area contributed by atoms with Gasteiger partial charge >= 0.3 is 0 Å². The highest BCUT2D eigenvalue weighted by atomic mass is 35.5. The summed E-state index contributed by atoms with van der Waals surface area (Å²) in [6.45, 7) is 3.34. The first kappa shape index (κ1) is 27.6. The summed E-state index contributed by atoms with van der Waals surface area (Å²) >= 11 is 6.33. The van der Waals surface area contributed by atoms with E-state index in [0.29, 0.717) is 44.8 Å². The van der Waals surface area contributed by atoms with E-state index in [4.69, 9.17) is 16.6 Å². The molecule has 3 aromatic carbocycles. The topological polar surface area (TPSA) is 73.7 Å². The highest BCUT2D eigenvalue weighted by Gasteiger charge is 2.38. The van der Waals surface area contributed by atoms with Crippen LogP contribution in [-0.4, -0.2) is 64.1 Å². The van der Waals surface area contributed by atoms with Crippen LogP contribution in [0, 0.1) is 17.6 Å². The number of halogens is 3. The van der Waals surface area contributed by atoms with Crippen LogP contribution in [0.15, 0.2) is 71.9 Å². The van der Waals surface area contributed by atoms with E-state index < -0.39 is 11.6 Å². The second-order valence-corrected chi connectivity index (χ2v) is 11.8. The van der Waals surface area contributed by atoms with E-state index in [-0.39, 0.29) is 29.8 Å². The third kappa shape index (κ3) is 5.17. The zero-order valence-electron chi connectivity index (χ0n) is 23.5. The summed E-state index contributed by atoms with van der Waals surface area (Å²) in [5.41, 5.74) is 3.72. The van der Waals surface area contributed by atoms with Gasteiger partial charge in [0.25, 0.3) is 5.91 Å². The van der Waals surface area contributed by atoms with Gasteiger partial charge in [-0.05, 0) is 80.4 Å². The Morgan fingerprint density at radius 3 is 2.47 bits per heavy atom. The molecule has 1 N–H and O–H groups in total. The molecule has 5 heterocycles. The maximum Gasteiger partial charge on any atom is 0.253 e. The Hall–Kier alpha value is -4.21. The number of nitrogens with one attached hydrogen (secondary N) is 1. The highest BCUT2D eigenvalue weighted by Crippen LogP contribution is 2.35. The quantitative estimate of drug-likeness (QED) is 0.290. The molecule has 1 unspecified atom stereocenters. The van der Waals surface area contributed by atoms with Crippen molar-refractivity contribution in [3.8, 4) is 11.3 Å². The molecule has 0 spiro atoms. The standard InChI is InChI=1S/C33H29ClF2N6O/c1-41(28-18-42-13-11-19(28)12-14-42)32(43)20-5-8-23(9-6-20)39-33-38-17-21-16-37-31(29-26(35)3-2-4-27(29)36)25-15-22(34)7-10-24(25)30(21)40-33/h2-10,15,17,19,28H,11-14,16,18H2,1H3,(H,38,39,40). The van der Waals surface area contributed by atoms with Gasteiger partial charge in [0, 0.05) is 58.8 Å². The van der Waals surface area contributed by atoms with Gasteiger partial charge in [0.1, 0.15) is 11.6 Å². The van der Waals surface area contributed by atoms with Crippen LogP contribution in [0.1, 0.15) is 39.9 Å². The summed E-state index contributed by atoms with van der Waals surface area (Å²) in [7, 11) is 1.91. The van der Waals surface area contributed by atoms with Crippen LogP contribution in [0.2, 0.25) is 5.02 Å². The Morgan fingerprint density at radius 1 is 1.02 bits per heavy atom. The van der Waals surface area contributed by atoms with E-state index in [1.54, 1.807) is 24.4 Å². The Kier molecular flexibility index (Phi) is 7.15. The van der Waals surface area contributed by atoms with Crippen LogP contribution >= 0.6 is 11.6 Å². The number of rotatable bonds is 5. The molecule has 218 valence electrons. The lowest BCUT2D eigenvalue weighted by molar-refractivity contribution is 0.0162. The predicted octanol–water partition coefficient (Wildman–Crippen LogP) is 6.34. The lowest BCUT2D eigenvalue weighted by Gasteiger charge is -2.48. The van der Waals surface area contributed by atoms with Crippen molar-refractivity contribution in [3.63, 3.8) is 0 Å². The largest absolute Gasteiger partial charge is 0.337 e. The number of aromatic nitrogens is 2. The van der Waals surface area contributed by atoms with Crippen molar-refractivity contribution in [3.05, 3.63) is 106 Å². The molecule has 1 atom stereocenters. The monoisotopic (exact) mass is 598 g/mol. The number of fused-ring (bicyclic) bond motifs is 6. The molecule has 1 amide bonds. The number of likely N-dealkylation sites (N-methyl/N-ethyl adjacent to an activating group) is 1. The van der Waals surface area contributed by atoms with Crippen LogP contribution in [-0.2, 0) is 6.54 Å². The van der Waals surface area contributed by atoms with E-state index in [1.807, 2.05) is 36.2 Å². The molecule has 0 aliphatic carbocycles. The van der Waals surface area contributed by atoms with Crippen molar-refractivity contribution in [1.29, 1.82) is 0 Å². The first-order valence-corrected chi connectivity index (χ1v) is 14.7. The molecule has 4 aliphatic rings. The fourth-order valence-electron chi connectivity index (χ4n) is 6.47. The van der Waals surface area contributed by atoms with E-state index in [9.17, 15) is 13.6 Å². The molecule has 43 heavy (non-hydrogen) atoms. The van der Waals surface area contributed by atoms with Gasteiger partial charge < -0.3 is 15.1 Å². The van der Waals surface area contributed by atoms with Crippen molar-refractivity contribution in [2.24, 2.45) is 10.9 Å². The number of hydrogen-bond donors (Lipinski definition) is 1. The van der Waals surface area contributed by atoms with E-state index in [2.05, 4.69) is 20.2 Å². The average molecular weight is 599 g/mol. The van der Waals surface area contributed by atoms with Gasteiger partial charge in [-0.15, -0.1) is 0 Å². The second kappa shape index (κ2) is 11.1. The van der Waals surface area contributed by atoms with Crippen LogP contribution in [0.3, 0.4) is 0 Å². The molecular formula is C33H29ClF2N6O. The molecule has 3 saturated heterocycles. The SMILES string of the molecule is CN(C(=O)c1ccc(Nc2ncc3c(n2)-c2ccc(Cl)cc2C(c2c(F)cccc2F)=NC3)cc1)C1CN2CCC1CC2. The maximum absolute atomic E-state index is 14.8. The summed E-state index contributed by atoms with van der Waals surface area (Å²) in [4.78, 5) is 31.5. The first-order valence-electron chi connectivity index (χ1n) is 14.4. The Labute approximate surface area is 253 Å². The van der Waals surface area contributed by atoms with Crippen LogP contribution in [0.25, 0.3) is 11.3 Å². The minimum absolute atomic E-state index is 0.0175. The number of amides is 1. The minimum Gasteiger partial charge on any atom is -0.337 e. The van der Waals surface area contributed by atoms with Crippen LogP contribution in [0.5, 0.6) is 0 Å². The summed E-state index contributed by atoms with van der Waals surface area (Å²) in [6.07, 6.45) is 3.96. The van der Waals surface area contributed by atoms with Crippen molar-refractivity contribution < 1.29 is 13.6 Å². The minimum atomic E-state index is -0.707. The Morgan fingerprint density at radius 2 is 1.77 bits per heavy atom. The number of piperidine rings is 3. The van der Waals surface area contributed by atoms with Gasteiger partial charge in [0.05, 0.1) is 23.5 Å². The zero-order valence-corrected chi connectivity index (χ0v) is 24.3. The summed E-state index contributed by atoms with van der Waals surface area (Å²) in [6, 6.07) is 16.4. The molecule has 7 nitrogen and oxygen atoms in total. The third-order valence-electron chi connectivity index (χ3n) is 8.79. The van der Waals surface area contributed by atoms with E-state index >= 15 is 0 Å². The average Bonchev–Trinajstić information content (AvgIpc) is 3.17. The van der Waals surface area contributed by atoms with Crippen molar-refractivity contribution in [2.45, 2.75) is 25.4 Å². The number of aliphatic imine (C=N–C) groups is 1. The highest BCUT2D eigenvalue weighted by molar-refractivity contribution is 6.31. The predicted molar refractivity (Wildman–Crippen MR) is 163 cm³/mol. The van der Waals surface area contributed by atoms with E-state index in [1.165, 1.54) is 18.2 Å². The fourth-order valence-corrected chi connectivity index (χ4v) is 6.65. The molecule has 1 aromatic heterocycles. The van der Waals surface area contributed by atoms with Crippen molar-refractivity contribution >= 4 is 34.9 Å². The van der Waals surface area contributed by atoms with Crippen molar-refractivity contribution in [1.82, 2.24) is 19.8 Å². The van der Waals surface area contributed by atoms with Gasteiger partial charge in [-0.25, -0.2) is 18.7 Å². The summed E-state index contributed by atoms with van der Waals surface area (Å²) in [5, 5.41) is 3.63. The van der Waals surface area contributed by atoms with E-state index in [0.717, 1.165) is 38.2 Å². The molecule has 0 radical (unpaired) electrons. The number of carbonyl (C=O) groups excluding carboxylic acids is 1. The number of hydrogen-bond acceptors (Lipinski definition) is 6. The van der Waals surface area contributed by atoms with Gasteiger partial charge in [0.15, 0.2) is 0 Å². The third-order valence-corrected chi connectivity index (χ3v) is 9.03. The normalized spacial score (nSPS) is 20.5. The summed E-state index contributed by atoms with van der Waals surface area (Å²) < 4.78 is 29.7. The molecular weight excluding hydrogens is 570 g/mol. The molecule has 3 fully saturated rings. The smallest absolute Gasteiger partial charge is 0.253 e. The number of benzene rings is 3. The number of nitrogens with zero attached hydrogens (tertiary/aromatic N) is 5. The zero-order chi connectivity index (χ0) is 29.7. The molecule has 10 heteroatoms. The lowest BCUT2D eigenvalue weighted by atomic mass is 9.83. The lowest BCUT2D eigenvalue weighted by Crippen LogP contribution is -2.57. The van der Waals surface area contributed by atoms with Crippen LogP contribution in [0.4, 0.5) is 20.4 Å². The van der Waals surface area contributed by atoms with Gasteiger partial charge in [-0.3, -0.25) is 9.79 Å². The Bertz CT molecular complexity index is 1730.